The Hall–Kier alpha value is -2.66. The Labute approximate surface area is 167 Å². The van der Waals surface area contributed by atoms with Crippen molar-refractivity contribution < 1.29 is 9.53 Å². The molecule has 0 spiro atoms. The SMILES string of the molecule is Cc1ccc(C(=O)NC(=NC[C@@H]2CCCO2)Nc2cccc(C(C)C)c2)cc1. The summed E-state index contributed by atoms with van der Waals surface area (Å²) in [6.07, 6.45) is 2.19. The number of aliphatic imine (C=N–C) groups is 1. The number of hydrogen-bond donors (Lipinski definition) is 2. The van der Waals surface area contributed by atoms with Gasteiger partial charge in [-0.05, 0) is 55.5 Å². The first kappa shape index (κ1) is 20.1. The van der Waals surface area contributed by atoms with Crippen molar-refractivity contribution in [3.8, 4) is 0 Å². The van der Waals surface area contributed by atoms with Gasteiger partial charge in [-0.25, -0.2) is 4.99 Å². The summed E-state index contributed by atoms with van der Waals surface area (Å²) in [6.45, 7) is 7.63. The molecule has 2 aromatic rings. The van der Waals surface area contributed by atoms with E-state index in [9.17, 15) is 4.79 Å². The molecule has 0 bridgehead atoms. The molecule has 5 nitrogen and oxygen atoms in total. The zero-order valence-corrected chi connectivity index (χ0v) is 16.9. The van der Waals surface area contributed by atoms with Crippen LogP contribution in [0.1, 0.15) is 54.1 Å². The Morgan fingerprint density at radius 2 is 2.00 bits per heavy atom. The Balaban J connectivity index is 1.76. The lowest BCUT2D eigenvalue weighted by Crippen LogP contribution is -2.36. The van der Waals surface area contributed by atoms with Gasteiger partial charge in [0.2, 0.25) is 5.96 Å². The Morgan fingerprint density at radius 1 is 1.21 bits per heavy atom. The van der Waals surface area contributed by atoms with E-state index in [1.54, 1.807) is 0 Å². The highest BCUT2D eigenvalue weighted by Gasteiger charge is 2.16. The molecule has 1 aliphatic heterocycles. The monoisotopic (exact) mass is 379 g/mol. The minimum Gasteiger partial charge on any atom is -0.376 e. The number of nitrogens with zero attached hydrogens (tertiary/aromatic N) is 1. The average molecular weight is 380 g/mol. The molecule has 2 N–H and O–H groups in total. The van der Waals surface area contributed by atoms with E-state index in [0.29, 0.717) is 24.0 Å². The summed E-state index contributed by atoms with van der Waals surface area (Å²) in [5.41, 5.74) is 3.86. The predicted octanol–water partition coefficient (Wildman–Crippen LogP) is 4.50. The molecule has 0 aliphatic carbocycles. The van der Waals surface area contributed by atoms with Crippen molar-refractivity contribution in [1.82, 2.24) is 5.32 Å². The second kappa shape index (κ2) is 9.51. The lowest BCUT2D eigenvalue weighted by atomic mass is 10.0. The van der Waals surface area contributed by atoms with Gasteiger partial charge in [-0.1, -0.05) is 43.7 Å². The molecule has 1 aliphatic rings. The van der Waals surface area contributed by atoms with Crippen molar-refractivity contribution in [3.63, 3.8) is 0 Å². The van der Waals surface area contributed by atoms with E-state index in [1.807, 2.05) is 43.3 Å². The first-order valence-electron chi connectivity index (χ1n) is 9.92. The number of rotatable bonds is 5. The number of ether oxygens (including phenoxy) is 1. The Kier molecular flexibility index (Phi) is 6.82. The molecule has 3 rings (SSSR count). The fourth-order valence-corrected chi connectivity index (χ4v) is 3.09. The van der Waals surface area contributed by atoms with Gasteiger partial charge in [0, 0.05) is 17.9 Å². The minimum absolute atomic E-state index is 0.120. The molecule has 2 aromatic carbocycles. The highest BCUT2D eigenvalue weighted by atomic mass is 16.5. The van der Waals surface area contributed by atoms with E-state index in [4.69, 9.17) is 4.74 Å². The van der Waals surface area contributed by atoms with Gasteiger partial charge in [-0.15, -0.1) is 0 Å². The molecule has 148 valence electrons. The van der Waals surface area contributed by atoms with Crippen LogP contribution in [-0.4, -0.2) is 31.1 Å². The van der Waals surface area contributed by atoms with Gasteiger partial charge in [-0.3, -0.25) is 10.1 Å². The molecule has 0 radical (unpaired) electrons. The molecule has 1 amide bonds. The number of hydrogen-bond acceptors (Lipinski definition) is 3. The van der Waals surface area contributed by atoms with E-state index in [1.165, 1.54) is 5.56 Å². The fourth-order valence-electron chi connectivity index (χ4n) is 3.09. The zero-order chi connectivity index (χ0) is 19.9. The third kappa shape index (κ3) is 5.67. The summed E-state index contributed by atoms with van der Waals surface area (Å²) in [7, 11) is 0. The first-order valence-corrected chi connectivity index (χ1v) is 9.92. The number of guanidine groups is 1. The summed E-state index contributed by atoms with van der Waals surface area (Å²) in [6, 6.07) is 15.7. The van der Waals surface area contributed by atoms with Crippen LogP contribution in [0.25, 0.3) is 0 Å². The van der Waals surface area contributed by atoms with Crippen LogP contribution < -0.4 is 10.6 Å². The van der Waals surface area contributed by atoms with E-state index in [0.717, 1.165) is 30.7 Å². The molecule has 5 heteroatoms. The number of carbonyl (C=O) groups excluding carboxylic acids is 1. The molecule has 1 heterocycles. The number of nitrogens with one attached hydrogen (secondary N) is 2. The van der Waals surface area contributed by atoms with Gasteiger partial charge >= 0.3 is 0 Å². The van der Waals surface area contributed by atoms with Crippen molar-refractivity contribution in [2.24, 2.45) is 4.99 Å². The standard InChI is InChI=1S/C23H29N3O2/c1-16(2)19-6-4-7-20(14-19)25-23(24-15-21-8-5-13-28-21)26-22(27)18-11-9-17(3)10-12-18/h4,6-7,9-12,14,16,21H,5,8,13,15H2,1-3H3,(H2,24,25,26,27)/t21-/m0/s1. The number of anilines is 1. The highest BCUT2D eigenvalue weighted by Crippen LogP contribution is 2.18. The molecule has 1 fully saturated rings. The van der Waals surface area contributed by atoms with Crippen LogP contribution in [0.4, 0.5) is 5.69 Å². The summed E-state index contributed by atoms with van der Waals surface area (Å²) >= 11 is 0. The Morgan fingerprint density at radius 3 is 2.68 bits per heavy atom. The van der Waals surface area contributed by atoms with Crippen LogP contribution in [0.15, 0.2) is 53.5 Å². The molecular formula is C23H29N3O2. The molecular weight excluding hydrogens is 350 g/mol. The Bertz CT molecular complexity index is 822. The largest absolute Gasteiger partial charge is 0.376 e. The highest BCUT2D eigenvalue weighted by molar-refractivity contribution is 6.10. The molecule has 1 atom stereocenters. The van der Waals surface area contributed by atoms with Crippen molar-refractivity contribution in [3.05, 3.63) is 65.2 Å². The van der Waals surface area contributed by atoms with E-state index >= 15 is 0 Å². The van der Waals surface area contributed by atoms with Crippen molar-refractivity contribution >= 4 is 17.6 Å². The van der Waals surface area contributed by atoms with Crippen LogP contribution in [0.3, 0.4) is 0 Å². The van der Waals surface area contributed by atoms with Gasteiger partial charge < -0.3 is 10.1 Å². The van der Waals surface area contributed by atoms with Crippen molar-refractivity contribution in [2.75, 3.05) is 18.5 Å². The predicted molar refractivity (Wildman–Crippen MR) is 114 cm³/mol. The lowest BCUT2D eigenvalue weighted by Gasteiger charge is -2.15. The van der Waals surface area contributed by atoms with Crippen LogP contribution in [-0.2, 0) is 4.74 Å². The molecule has 0 unspecified atom stereocenters. The maximum atomic E-state index is 12.7. The zero-order valence-electron chi connectivity index (χ0n) is 16.9. The van der Waals surface area contributed by atoms with Crippen LogP contribution >= 0.6 is 0 Å². The normalized spacial score (nSPS) is 17.0. The van der Waals surface area contributed by atoms with E-state index < -0.39 is 0 Å². The first-order chi connectivity index (χ1) is 13.5. The molecule has 28 heavy (non-hydrogen) atoms. The second-order valence-electron chi connectivity index (χ2n) is 7.55. The maximum Gasteiger partial charge on any atom is 0.257 e. The number of carbonyl (C=O) groups is 1. The number of benzene rings is 2. The van der Waals surface area contributed by atoms with E-state index in [2.05, 4.69) is 41.6 Å². The van der Waals surface area contributed by atoms with Crippen LogP contribution in [0.2, 0.25) is 0 Å². The van der Waals surface area contributed by atoms with Gasteiger partial charge in [-0.2, -0.15) is 0 Å². The molecule has 0 aromatic heterocycles. The van der Waals surface area contributed by atoms with E-state index in [-0.39, 0.29) is 12.0 Å². The average Bonchev–Trinajstić information content (AvgIpc) is 3.20. The van der Waals surface area contributed by atoms with Gasteiger partial charge in [0.1, 0.15) is 0 Å². The second-order valence-corrected chi connectivity index (χ2v) is 7.55. The van der Waals surface area contributed by atoms with Crippen molar-refractivity contribution in [1.29, 1.82) is 0 Å². The summed E-state index contributed by atoms with van der Waals surface area (Å²) in [4.78, 5) is 17.3. The summed E-state index contributed by atoms with van der Waals surface area (Å²) in [5, 5.41) is 6.19. The summed E-state index contributed by atoms with van der Waals surface area (Å²) < 4.78 is 5.66. The lowest BCUT2D eigenvalue weighted by molar-refractivity contribution is 0.0975. The third-order valence-electron chi connectivity index (χ3n) is 4.84. The van der Waals surface area contributed by atoms with Crippen LogP contribution in [0, 0.1) is 6.92 Å². The smallest absolute Gasteiger partial charge is 0.257 e. The van der Waals surface area contributed by atoms with Crippen molar-refractivity contribution in [2.45, 2.75) is 45.6 Å². The summed E-state index contributed by atoms with van der Waals surface area (Å²) in [5.74, 6) is 0.691. The minimum atomic E-state index is -0.182. The maximum absolute atomic E-state index is 12.7. The molecule has 0 saturated carbocycles. The number of aryl methyl sites for hydroxylation is 1. The van der Waals surface area contributed by atoms with Crippen LogP contribution in [0.5, 0.6) is 0 Å². The topological polar surface area (TPSA) is 62.7 Å². The van der Waals surface area contributed by atoms with Gasteiger partial charge in [0.05, 0.1) is 12.6 Å². The van der Waals surface area contributed by atoms with Gasteiger partial charge in [0.25, 0.3) is 5.91 Å². The quantitative estimate of drug-likeness (QED) is 0.594. The molecule has 1 saturated heterocycles. The third-order valence-corrected chi connectivity index (χ3v) is 4.84. The van der Waals surface area contributed by atoms with Gasteiger partial charge in [0.15, 0.2) is 0 Å². The fraction of sp³-hybridized carbons (Fsp3) is 0.391. The number of amides is 1.